The third-order valence-electron chi connectivity index (χ3n) is 4.83. The normalized spacial score (nSPS) is 20.1. The Morgan fingerprint density at radius 1 is 1.32 bits per heavy atom. The van der Waals surface area contributed by atoms with Crippen molar-refractivity contribution in [1.82, 2.24) is 15.1 Å². The highest BCUT2D eigenvalue weighted by molar-refractivity contribution is 5.92. The molecule has 4 rings (SSSR count). The highest BCUT2D eigenvalue weighted by atomic mass is 19.4. The van der Waals surface area contributed by atoms with Crippen LogP contribution in [0.3, 0.4) is 0 Å². The van der Waals surface area contributed by atoms with Gasteiger partial charge >= 0.3 is 6.36 Å². The molecule has 12 heteroatoms. The topological polar surface area (TPSA) is 74.6 Å². The van der Waals surface area contributed by atoms with Crippen molar-refractivity contribution in [3.05, 3.63) is 41.1 Å². The number of aromatic nitrogens is 2. The molecule has 0 saturated carbocycles. The molecule has 2 atom stereocenters. The zero-order valence-electron chi connectivity index (χ0n) is 16.0. The first kappa shape index (κ1) is 21.3. The summed E-state index contributed by atoms with van der Waals surface area (Å²) in [6.07, 6.45) is -8.02. The van der Waals surface area contributed by atoms with Gasteiger partial charge in [0.25, 0.3) is 5.91 Å². The van der Waals surface area contributed by atoms with Gasteiger partial charge in [-0.15, -0.1) is 13.2 Å². The second-order valence-electron chi connectivity index (χ2n) is 7.27. The van der Waals surface area contributed by atoms with E-state index < -0.39 is 37.4 Å². The summed E-state index contributed by atoms with van der Waals surface area (Å²) in [5.74, 6) is 0.252. The molecule has 1 amide bonds. The molecule has 1 aromatic carbocycles. The molecule has 31 heavy (non-hydrogen) atoms. The fraction of sp³-hybridized carbons (Fsp3) is 0.474. The van der Waals surface area contributed by atoms with Crippen LogP contribution in [0.15, 0.2) is 24.3 Å². The molecule has 3 heterocycles. The molecule has 0 unspecified atom stereocenters. The Bertz CT molecular complexity index is 939. The van der Waals surface area contributed by atoms with Gasteiger partial charge in [0, 0.05) is 12.5 Å². The minimum atomic E-state index is -4.75. The number of nitrogens with zero attached hydrogens (tertiary/aromatic N) is 2. The third kappa shape index (κ3) is 5.24. The van der Waals surface area contributed by atoms with Crippen molar-refractivity contribution in [1.29, 1.82) is 0 Å². The zero-order chi connectivity index (χ0) is 22.2. The molecule has 2 aliphatic heterocycles. The number of hydrogen-bond acceptors (Lipinski definition) is 5. The van der Waals surface area contributed by atoms with Gasteiger partial charge in [-0.1, -0.05) is 12.1 Å². The van der Waals surface area contributed by atoms with Crippen molar-refractivity contribution in [3.63, 3.8) is 0 Å². The molecule has 168 valence electrons. The summed E-state index contributed by atoms with van der Waals surface area (Å²) >= 11 is 0. The standard InChI is InChI=1S/C19H18F5N3O4/c20-16(21)4-10-1-2-15-11(3-10)5-12(8-29-15)25-18(28)14-6-17-27(26-14)7-13(31-17)9-30-19(22,23)24/h1-3,6,12-13,16H,4-5,7-9H2,(H,25,28)/t12-,13-/m1/s1. The van der Waals surface area contributed by atoms with Crippen LogP contribution in [0.5, 0.6) is 11.6 Å². The second-order valence-corrected chi connectivity index (χ2v) is 7.27. The molecule has 0 fully saturated rings. The zero-order valence-corrected chi connectivity index (χ0v) is 16.0. The number of fused-ring (bicyclic) bond motifs is 2. The van der Waals surface area contributed by atoms with Crippen molar-refractivity contribution in [2.24, 2.45) is 0 Å². The van der Waals surface area contributed by atoms with Gasteiger partial charge in [0.05, 0.1) is 19.2 Å². The Morgan fingerprint density at radius 3 is 2.84 bits per heavy atom. The number of rotatable bonds is 6. The maximum absolute atomic E-state index is 12.6. The first-order valence-electron chi connectivity index (χ1n) is 9.45. The molecule has 0 aliphatic carbocycles. The van der Waals surface area contributed by atoms with Crippen LogP contribution in [0.1, 0.15) is 21.6 Å². The summed E-state index contributed by atoms with van der Waals surface area (Å²) in [5, 5.41) is 6.82. The van der Waals surface area contributed by atoms with Crippen molar-refractivity contribution in [2.75, 3.05) is 13.2 Å². The molecular formula is C19H18F5N3O4. The highest BCUT2D eigenvalue weighted by Crippen LogP contribution is 2.28. The molecule has 0 saturated heterocycles. The molecule has 1 aromatic heterocycles. The van der Waals surface area contributed by atoms with E-state index in [0.717, 1.165) is 5.56 Å². The predicted molar refractivity (Wildman–Crippen MR) is 95.3 cm³/mol. The molecule has 2 aliphatic rings. The minimum Gasteiger partial charge on any atom is -0.491 e. The summed E-state index contributed by atoms with van der Waals surface area (Å²) in [5.41, 5.74) is 1.25. The molecule has 1 N–H and O–H groups in total. The van der Waals surface area contributed by atoms with E-state index in [1.807, 2.05) is 0 Å². The van der Waals surface area contributed by atoms with E-state index in [2.05, 4.69) is 15.2 Å². The summed E-state index contributed by atoms with van der Waals surface area (Å²) in [7, 11) is 0. The summed E-state index contributed by atoms with van der Waals surface area (Å²) < 4.78 is 77.6. The number of nitrogens with one attached hydrogen (secondary N) is 1. The number of amides is 1. The maximum atomic E-state index is 12.6. The maximum Gasteiger partial charge on any atom is 0.522 e. The van der Waals surface area contributed by atoms with Crippen LogP contribution in [-0.2, 0) is 24.1 Å². The molecule has 2 aromatic rings. The number of benzene rings is 1. The fourth-order valence-corrected chi connectivity index (χ4v) is 3.52. The van der Waals surface area contributed by atoms with Gasteiger partial charge in [0.1, 0.15) is 18.5 Å². The van der Waals surface area contributed by atoms with Crippen molar-refractivity contribution < 1.29 is 41.0 Å². The third-order valence-corrected chi connectivity index (χ3v) is 4.83. The lowest BCUT2D eigenvalue weighted by molar-refractivity contribution is -0.329. The molecule has 7 nitrogen and oxygen atoms in total. The van der Waals surface area contributed by atoms with Crippen LogP contribution in [-0.4, -0.2) is 53.8 Å². The first-order chi connectivity index (χ1) is 14.7. The van der Waals surface area contributed by atoms with Gasteiger partial charge in [-0.3, -0.25) is 9.53 Å². The van der Waals surface area contributed by atoms with Crippen LogP contribution < -0.4 is 14.8 Å². The van der Waals surface area contributed by atoms with Gasteiger partial charge < -0.3 is 14.8 Å². The van der Waals surface area contributed by atoms with Gasteiger partial charge in [-0.2, -0.15) is 5.10 Å². The number of ether oxygens (including phenoxy) is 3. The minimum absolute atomic E-state index is 0.0194. The van der Waals surface area contributed by atoms with Gasteiger partial charge in [0.15, 0.2) is 5.69 Å². The number of hydrogen-bond donors (Lipinski definition) is 1. The van der Waals surface area contributed by atoms with E-state index in [1.165, 1.54) is 10.7 Å². The Kier molecular flexibility index (Phi) is 5.73. The van der Waals surface area contributed by atoms with E-state index >= 15 is 0 Å². The molecular weight excluding hydrogens is 429 g/mol. The Morgan fingerprint density at radius 2 is 2.13 bits per heavy atom. The number of carbonyl (C=O) groups excluding carboxylic acids is 1. The van der Waals surface area contributed by atoms with E-state index in [4.69, 9.17) is 9.47 Å². The van der Waals surface area contributed by atoms with Crippen LogP contribution in [0, 0.1) is 0 Å². The molecule has 0 radical (unpaired) electrons. The second kappa shape index (κ2) is 8.33. The quantitative estimate of drug-likeness (QED) is 0.690. The lowest BCUT2D eigenvalue weighted by atomic mass is 9.99. The van der Waals surface area contributed by atoms with E-state index in [0.29, 0.717) is 17.7 Å². The predicted octanol–water partition coefficient (Wildman–Crippen LogP) is 2.72. The van der Waals surface area contributed by atoms with Crippen molar-refractivity contribution in [3.8, 4) is 11.6 Å². The van der Waals surface area contributed by atoms with Gasteiger partial charge in [-0.25, -0.2) is 13.5 Å². The average molecular weight is 447 g/mol. The van der Waals surface area contributed by atoms with Crippen LogP contribution >= 0.6 is 0 Å². The summed E-state index contributed by atoms with van der Waals surface area (Å²) in [6.45, 7) is -0.458. The largest absolute Gasteiger partial charge is 0.522 e. The number of halogens is 5. The van der Waals surface area contributed by atoms with E-state index in [9.17, 15) is 26.7 Å². The Labute approximate surface area is 173 Å². The Hall–Kier alpha value is -2.89. The van der Waals surface area contributed by atoms with E-state index in [-0.39, 0.29) is 31.1 Å². The molecule has 0 bridgehead atoms. The monoisotopic (exact) mass is 447 g/mol. The SMILES string of the molecule is O=C(N[C@H]1COc2ccc(CC(F)F)cc2C1)c1cc2n(n1)C[C@H](COC(F)(F)F)O2. The van der Waals surface area contributed by atoms with Crippen molar-refractivity contribution >= 4 is 5.91 Å². The fourth-order valence-electron chi connectivity index (χ4n) is 3.52. The van der Waals surface area contributed by atoms with Crippen molar-refractivity contribution in [2.45, 2.75) is 44.3 Å². The van der Waals surface area contributed by atoms with Crippen LogP contribution in [0.25, 0.3) is 0 Å². The molecule has 0 spiro atoms. The lowest BCUT2D eigenvalue weighted by Crippen LogP contribution is -2.43. The Balaban J connectivity index is 1.33. The van der Waals surface area contributed by atoms with Gasteiger partial charge in [0.2, 0.25) is 12.3 Å². The van der Waals surface area contributed by atoms with Crippen LogP contribution in [0.4, 0.5) is 22.0 Å². The number of carbonyl (C=O) groups is 1. The lowest BCUT2D eigenvalue weighted by Gasteiger charge is -2.26. The first-order valence-corrected chi connectivity index (χ1v) is 9.45. The summed E-state index contributed by atoms with van der Waals surface area (Å²) in [4.78, 5) is 12.5. The van der Waals surface area contributed by atoms with Crippen LogP contribution in [0.2, 0.25) is 0 Å². The smallest absolute Gasteiger partial charge is 0.491 e. The average Bonchev–Trinajstić information content (AvgIpc) is 3.24. The number of alkyl halides is 5. The highest BCUT2D eigenvalue weighted by Gasteiger charge is 2.34. The van der Waals surface area contributed by atoms with E-state index in [1.54, 1.807) is 18.2 Å². The van der Waals surface area contributed by atoms with Gasteiger partial charge in [-0.05, 0) is 23.6 Å². The summed E-state index contributed by atoms with van der Waals surface area (Å²) in [6, 6.07) is 5.81.